The molecule has 1 fully saturated rings. The molecule has 1 amide bonds. The van der Waals surface area contributed by atoms with Gasteiger partial charge in [-0.25, -0.2) is 0 Å². The summed E-state index contributed by atoms with van der Waals surface area (Å²) >= 11 is 0. The molecule has 1 saturated carbocycles. The largest absolute Gasteiger partial charge is 0.393 e. The Morgan fingerprint density at radius 2 is 2.00 bits per heavy atom. The van der Waals surface area contributed by atoms with Crippen LogP contribution in [0.3, 0.4) is 0 Å². The minimum atomic E-state index is -4.22. The summed E-state index contributed by atoms with van der Waals surface area (Å²) in [6, 6.07) is -0.734. The molecule has 0 aromatic rings. The minimum Gasteiger partial charge on any atom is -0.353 e. The Bertz CT molecular complexity index is 292. The van der Waals surface area contributed by atoms with Gasteiger partial charge in [-0.2, -0.15) is 13.2 Å². The quantitative estimate of drug-likeness (QED) is 0.813. The van der Waals surface area contributed by atoms with Crippen molar-refractivity contribution in [3.63, 3.8) is 0 Å². The van der Waals surface area contributed by atoms with Gasteiger partial charge in [0.1, 0.15) is 0 Å². The second-order valence-corrected chi connectivity index (χ2v) is 5.48. The topological polar surface area (TPSA) is 55.1 Å². The Morgan fingerprint density at radius 1 is 1.37 bits per heavy atom. The van der Waals surface area contributed by atoms with Gasteiger partial charge in [-0.3, -0.25) is 4.79 Å². The maximum atomic E-state index is 12.8. The molecule has 6 heteroatoms. The second-order valence-electron chi connectivity index (χ2n) is 5.48. The Balaban J connectivity index is 2.42. The monoisotopic (exact) mass is 280 g/mol. The first-order valence-corrected chi connectivity index (χ1v) is 6.92. The normalized spacial score (nSPS) is 25.9. The standard InChI is InChI=1S/C13H23F3N2O/c1-9(17)5-4-8-12(19)18-11-7-3-2-6-10(11)13(14,15)16/h9-11H,2-8,17H2,1H3,(H,18,19). The molecule has 3 atom stereocenters. The number of carbonyl (C=O) groups is 1. The van der Waals surface area contributed by atoms with E-state index in [-0.39, 0.29) is 24.8 Å². The Morgan fingerprint density at radius 3 is 2.58 bits per heavy atom. The predicted octanol–water partition coefficient (Wildman–Crippen LogP) is 2.74. The van der Waals surface area contributed by atoms with Crippen LogP contribution in [0.15, 0.2) is 0 Å². The molecule has 1 rings (SSSR count). The summed E-state index contributed by atoms with van der Waals surface area (Å²) in [6.45, 7) is 1.85. The average Bonchev–Trinajstić information content (AvgIpc) is 2.27. The van der Waals surface area contributed by atoms with Crippen LogP contribution >= 0.6 is 0 Å². The summed E-state index contributed by atoms with van der Waals surface area (Å²) in [4.78, 5) is 11.6. The number of hydrogen-bond acceptors (Lipinski definition) is 2. The summed E-state index contributed by atoms with van der Waals surface area (Å²) in [5, 5.41) is 2.55. The van der Waals surface area contributed by atoms with Crippen molar-refractivity contribution in [3.8, 4) is 0 Å². The number of nitrogens with one attached hydrogen (secondary N) is 1. The van der Waals surface area contributed by atoms with Crippen LogP contribution in [-0.4, -0.2) is 24.2 Å². The molecule has 1 aliphatic rings. The predicted molar refractivity (Wildman–Crippen MR) is 67.4 cm³/mol. The molecule has 3 nitrogen and oxygen atoms in total. The van der Waals surface area contributed by atoms with E-state index in [0.717, 1.165) is 6.42 Å². The highest BCUT2D eigenvalue weighted by Crippen LogP contribution is 2.37. The van der Waals surface area contributed by atoms with Crippen LogP contribution < -0.4 is 11.1 Å². The van der Waals surface area contributed by atoms with Crippen molar-refractivity contribution in [2.75, 3.05) is 0 Å². The first-order valence-electron chi connectivity index (χ1n) is 6.92. The van der Waals surface area contributed by atoms with Crippen molar-refractivity contribution in [2.24, 2.45) is 11.7 Å². The van der Waals surface area contributed by atoms with Crippen LogP contribution in [0.4, 0.5) is 13.2 Å². The second kappa shape index (κ2) is 7.12. The number of alkyl halides is 3. The van der Waals surface area contributed by atoms with Crippen molar-refractivity contribution in [3.05, 3.63) is 0 Å². The minimum absolute atomic E-state index is 0.0189. The van der Waals surface area contributed by atoms with Crippen molar-refractivity contribution >= 4 is 5.91 Å². The number of nitrogens with two attached hydrogens (primary N) is 1. The molecule has 3 unspecified atom stereocenters. The molecule has 0 bridgehead atoms. The van der Waals surface area contributed by atoms with Crippen molar-refractivity contribution < 1.29 is 18.0 Å². The van der Waals surface area contributed by atoms with Gasteiger partial charge in [0.15, 0.2) is 0 Å². The van der Waals surface area contributed by atoms with Gasteiger partial charge in [-0.05, 0) is 32.6 Å². The molecule has 3 N–H and O–H groups in total. The first-order chi connectivity index (χ1) is 8.80. The zero-order chi connectivity index (χ0) is 14.5. The van der Waals surface area contributed by atoms with Gasteiger partial charge in [-0.1, -0.05) is 12.8 Å². The van der Waals surface area contributed by atoms with Gasteiger partial charge < -0.3 is 11.1 Å². The van der Waals surface area contributed by atoms with Gasteiger partial charge in [0, 0.05) is 18.5 Å². The van der Waals surface area contributed by atoms with Crippen LogP contribution in [0.1, 0.15) is 51.9 Å². The first kappa shape index (κ1) is 16.3. The molecule has 0 spiro atoms. The molecule has 112 valence electrons. The van der Waals surface area contributed by atoms with Crippen molar-refractivity contribution in [1.82, 2.24) is 5.32 Å². The summed E-state index contributed by atoms with van der Waals surface area (Å²) in [7, 11) is 0. The van der Waals surface area contributed by atoms with E-state index in [1.165, 1.54) is 0 Å². The van der Waals surface area contributed by atoms with Gasteiger partial charge in [0.25, 0.3) is 0 Å². The summed E-state index contributed by atoms with van der Waals surface area (Å²) < 4.78 is 38.5. The third kappa shape index (κ3) is 5.80. The van der Waals surface area contributed by atoms with Gasteiger partial charge in [0.05, 0.1) is 5.92 Å². The molecule has 0 aliphatic heterocycles. The molecule has 0 aromatic carbocycles. The Hall–Kier alpha value is -0.780. The number of carbonyl (C=O) groups excluding carboxylic acids is 1. The van der Waals surface area contributed by atoms with E-state index in [0.29, 0.717) is 25.7 Å². The van der Waals surface area contributed by atoms with E-state index in [4.69, 9.17) is 5.73 Å². The van der Waals surface area contributed by atoms with E-state index < -0.39 is 18.1 Å². The molecule has 0 aromatic heterocycles. The molecule has 0 heterocycles. The number of rotatable bonds is 5. The zero-order valence-electron chi connectivity index (χ0n) is 11.3. The molecule has 0 saturated heterocycles. The van der Waals surface area contributed by atoms with Gasteiger partial charge in [-0.15, -0.1) is 0 Å². The number of halogens is 3. The SMILES string of the molecule is CC(N)CCCC(=O)NC1CCCCC1C(F)(F)F. The van der Waals surface area contributed by atoms with Crippen molar-refractivity contribution in [2.45, 2.75) is 70.1 Å². The average molecular weight is 280 g/mol. The van der Waals surface area contributed by atoms with E-state index in [1.54, 1.807) is 0 Å². The number of hydrogen-bond donors (Lipinski definition) is 2. The van der Waals surface area contributed by atoms with E-state index >= 15 is 0 Å². The fourth-order valence-electron chi connectivity index (χ4n) is 2.56. The third-order valence-corrected chi connectivity index (χ3v) is 3.60. The van der Waals surface area contributed by atoms with Crippen LogP contribution in [0, 0.1) is 5.92 Å². The summed E-state index contributed by atoms with van der Waals surface area (Å²) in [6.07, 6.45) is -0.767. The lowest BCUT2D eigenvalue weighted by atomic mass is 9.84. The van der Waals surface area contributed by atoms with E-state index in [1.807, 2.05) is 6.92 Å². The lowest BCUT2D eigenvalue weighted by Crippen LogP contribution is -2.47. The highest BCUT2D eigenvalue weighted by atomic mass is 19.4. The third-order valence-electron chi connectivity index (χ3n) is 3.60. The molecular weight excluding hydrogens is 257 g/mol. The van der Waals surface area contributed by atoms with Crippen molar-refractivity contribution in [1.29, 1.82) is 0 Å². The van der Waals surface area contributed by atoms with E-state index in [9.17, 15) is 18.0 Å². The lowest BCUT2D eigenvalue weighted by molar-refractivity contribution is -0.189. The Kier molecular flexibility index (Phi) is 6.10. The Labute approximate surface area is 112 Å². The molecule has 0 radical (unpaired) electrons. The summed E-state index contributed by atoms with van der Waals surface area (Å²) in [5.41, 5.74) is 5.56. The highest BCUT2D eigenvalue weighted by molar-refractivity contribution is 5.76. The van der Waals surface area contributed by atoms with Crippen LogP contribution in [0.2, 0.25) is 0 Å². The van der Waals surface area contributed by atoms with Crippen LogP contribution in [0.5, 0.6) is 0 Å². The highest BCUT2D eigenvalue weighted by Gasteiger charge is 2.45. The summed E-state index contributed by atoms with van der Waals surface area (Å²) in [5.74, 6) is -1.68. The number of amides is 1. The zero-order valence-corrected chi connectivity index (χ0v) is 11.3. The van der Waals surface area contributed by atoms with E-state index in [2.05, 4.69) is 5.32 Å². The van der Waals surface area contributed by atoms with Gasteiger partial charge in [0.2, 0.25) is 5.91 Å². The molecule has 19 heavy (non-hydrogen) atoms. The fourth-order valence-corrected chi connectivity index (χ4v) is 2.56. The smallest absolute Gasteiger partial charge is 0.353 e. The lowest BCUT2D eigenvalue weighted by Gasteiger charge is -2.33. The molecular formula is C13H23F3N2O. The maximum absolute atomic E-state index is 12.8. The molecule has 1 aliphatic carbocycles. The van der Waals surface area contributed by atoms with Crippen LogP contribution in [-0.2, 0) is 4.79 Å². The fraction of sp³-hybridized carbons (Fsp3) is 0.923. The van der Waals surface area contributed by atoms with Gasteiger partial charge >= 0.3 is 6.18 Å². The maximum Gasteiger partial charge on any atom is 0.393 e. The van der Waals surface area contributed by atoms with Crippen LogP contribution in [0.25, 0.3) is 0 Å².